The molecule has 0 aliphatic heterocycles. The predicted octanol–water partition coefficient (Wildman–Crippen LogP) is 0.658. The van der Waals surface area contributed by atoms with Crippen molar-refractivity contribution in [2.75, 3.05) is 14.2 Å². The monoisotopic (exact) mass is 168 g/mol. The molecule has 3 nitrogen and oxygen atoms in total. The van der Waals surface area contributed by atoms with Gasteiger partial charge in [0.15, 0.2) is 0 Å². The molecule has 0 atom stereocenters. The van der Waals surface area contributed by atoms with Crippen LogP contribution < -0.4 is 14.3 Å². The van der Waals surface area contributed by atoms with Gasteiger partial charge in [-0.2, -0.15) is 0 Å². The van der Waals surface area contributed by atoms with Crippen molar-refractivity contribution in [1.29, 1.82) is 0 Å². The minimum atomic E-state index is 0.920. The number of nitrogens with zero attached hydrogens (tertiary/aromatic N) is 1. The molecule has 0 bridgehead atoms. The zero-order valence-corrected chi connectivity index (χ0v) is 7.92. The molecule has 3 heteroatoms. The number of hydrogen-bond donors (Lipinski definition) is 0. The van der Waals surface area contributed by atoms with Gasteiger partial charge in [0.05, 0.1) is 18.2 Å². The second kappa shape index (κ2) is 3.43. The Kier molecular flexibility index (Phi) is 2.53. The second-order valence-corrected chi connectivity index (χ2v) is 2.70. The van der Waals surface area contributed by atoms with E-state index >= 15 is 0 Å². The lowest BCUT2D eigenvalue weighted by Gasteiger charge is -2.04. The van der Waals surface area contributed by atoms with Gasteiger partial charge in [-0.05, 0) is 13.8 Å². The Morgan fingerprint density at radius 2 is 1.58 bits per heavy atom. The van der Waals surface area contributed by atoms with Gasteiger partial charge in [-0.15, -0.1) is 0 Å². The van der Waals surface area contributed by atoms with Gasteiger partial charge >= 0.3 is 0 Å². The van der Waals surface area contributed by atoms with E-state index in [1.165, 1.54) is 0 Å². The molecule has 0 spiro atoms. The van der Waals surface area contributed by atoms with Crippen LogP contribution in [0.15, 0.2) is 12.4 Å². The first kappa shape index (κ1) is 8.84. The maximum atomic E-state index is 5.21. The van der Waals surface area contributed by atoms with Gasteiger partial charge in [0.2, 0.25) is 12.4 Å². The fraction of sp³-hybridized carbons (Fsp3) is 0.444. The summed E-state index contributed by atoms with van der Waals surface area (Å²) in [6, 6.07) is 0. The second-order valence-electron chi connectivity index (χ2n) is 2.70. The van der Waals surface area contributed by atoms with Gasteiger partial charge < -0.3 is 4.74 Å². The van der Waals surface area contributed by atoms with E-state index in [1.807, 2.05) is 26.2 Å². The van der Waals surface area contributed by atoms with Crippen molar-refractivity contribution in [2.45, 2.75) is 13.8 Å². The zero-order chi connectivity index (χ0) is 9.14. The highest BCUT2D eigenvalue weighted by molar-refractivity contribution is 5.34. The maximum absolute atomic E-state index is 5.21. The maximum Gasteiger partial charge on any atom is 0.229 e. The Balaban J connectivity index is 3.18. The van der Waals surface area contributed by atoms with E-state index in [0.717, 1.165) is 16.9 Å². The molecule has 0 N–H and O–H groups in total. The Labute approximate surface area is 72.5 Å². The quantitative estimate of drug-likeness (QED) is 0.605. The van der Waals surface area contributed by atoms with E-state index < -0.39 is 0 Å². The molecular weight excluding hydrogens is 154 g/mol. The van der Waals surface area contributed by atoms with Crippen molar-refractivity contribution in [1.82, 2.24) is 0 Å². The summed E-state index contributed by atoms with van der Waals surface area (Å²) in [5.41, 5.74) is 2.14. The van der Waals surface area contributed by atoms with Crippen LogP contribution >= 0.6 is 0 Å². The molecule has 0 aliphatic rings. The van der Waals surface area contributed by atoms with Gasteiger partial charge in [-0.1, -0.05) is 0 Å². The van der Waals surface area contributed by atoms with Crippen LogP contribution in [0.4, 0.5) is 0 Å². The molecular formula is C9H14NO2+. The Hall–Kier alpha value is -1.25. The van der Waals surface area contributed by atoms with Crippen LogP contribution in [0.25, 0.3) is 0 Å². The van der Waals surface area contributed by atoms with E-state index in [2.05, 4.69) is 0 Å². The summed E-state index contributed by atoms with van der Waals surface area (Å²) < 4.78 is 6.87. The number of pyridine rings is 1. The number of methoxy groups -OCH3 is 1. The van der Waals surface area contributed by atoms with Crippen LogP contribution in [-0.2, 0) is 0 Å². The SMILES string of the molecule is COc1c(C)c[n+](OC)cc1C. The van der Waals surface area contributed by atoms with Crippen LogP contribution in [0.5, 0.6) is 5.75 Å². The molecule has 12 heavy (non-hydrogen) atoms. The molecule has 1 aromatic rings. The summed E-state index contributed by atoms with van der Waals surface area (Å²) in [6.07, 6.45) is 3.76. The molecule has 66 valence electrons. The molecule has 1 rings (SSSR count). The van der Waals surface area contributed by atoms with Crippen molar-refractivity contribution >= 4 is 0 Å². The normalized spacial score (nSPS) is 9.67. The van der Waals surface area contributed by atoms with Gasteiger partial charge in [-0.3, -0.25) is 4.84 Å². The predicted molar refractivity (Wildman–Crippen MR) is 45.2 cm³/mol. The first-order valence-corrected chi connectivity index (χ1v) is 3.80. The molecule has 1 heterocycles. The minimum Gasteiger partial charge on any atom is -0.496 e. The third-order valence-corrected chi connectivity index (χ3v) is 1.77. The fourth-order valence-corrected chi connectivity index (χ4v) is 1.27. The topological polar surface area (TPSA) is 22.3 Å². The number of hydrogen-bond acceptors (Lipinski definition) is 2. The standard InChI is InChI=1S/C9H14NO2/c1-7-5-10(12-4)6-8(2)9(7)11-3/h5-6H,1-4H3/q+1. The number of ether oxygens (including phenoxy) is 1. The van der Waals surface area contributed by atoms with Gasteiger partial charge in [0.1, 0.15) is 12.9 Å². The van der Waals surface area contributed by atoms with Crippen LogP contribution in [0, 0.1) is 13.8 Å². The number of aromatic nitrogens is 1. The Bertz CT molecular complexity index is 261. The molecule has 0 radical (unpaired) electrons. The molecule has 0 saturated heterocycles. The van der Waals surface area contributed by atoms with E-state index in [0.29, 0.717) is 0 Å². The fourth-order valence-electron chi connectivity index (χ4n) is 1.27. The molecule has 0 amide bonds. The highest BCUT2D eigenvalue weighted by atomic mass is 16.6. The van der Waals surface area contributed by atoms with Gasteiger partial charge in [-0.25, -0.2) is 0 Å². The van der Waals surface area contributed by atoms with E-state index in [-0.39, 0.29) is 0 Å². The van der Waals surface area contributed by atoms with Crippen molar-refractivity contribution < 1.29 is 14.3 Å². The third kappa shape index (κ3) is 1.49. The van der Waals surface area contributed by atoms with E-state index in [4.69, 9.17) is 9.57 Å². The lowest BCUT2D eigenvalue weighted by Crippen LogP contribution is -2.40. The lowest BCUT2D eigenvalue weighted by molar-refractivity contribution is -0.886. The van der Waals surface area contributed by atoms with Crippen LogP contribution in [0.2, 0.25) is 0 Å². The number of aryl methyl sites for hydroxylation is 2. The van der Waals surface area contributed by atoms with Crippen LogP contribution in [-0.4, -0.2) is 14.2 Å². The molecule has 0 fully saturated rings. The summed E-state index contributed by atoms with van der Waals surface area (Å²) in [5, 5.41) is 0. The van der Waals surface area contributed by atoms with E-state index in [1.54, 1.807) is 19.0 Å². The Morgan fingerprint density at radius 3 is 1.92 bits per heavy atom. The summed E-state index contributed by atoms with van der Waals surface area (Å²) in [4.78, 5) is 5.04. The van der Waals surface area contributed by atoms with E-state index in [9.17, 15) is 0 Å². The summed E-state index contributed by atoms with van der Waals surface area (Å²) >= 11 is 0. The molecule has 0 saturated carbocycles. The summed E-state index contributed by atoms with van der Waals surface area (Å²) in [7, 11) is 3.30. The average Bonchev–Trinajstić information content (AvgIpc) is 2.03. The highest BCUT2D eigenvalue weighted by Gasteiger charge is 2.10. The lowest BCUT2D eigenvalue weighted by atomic mass is 10.2. The number of rotatable bonds is 2. The van der Waals surface area contributed by atoms with Gasteiger partial charge in [0, 0.05) is 4.73 Å². The average molecular weight is 168 g/mol. The van der Waals surface area contributed by atoms with Crippen molar-refractivity contribution in [2.24, 2.45) is 0 Å². The van der Waals surface area contributed by atoms with Gasteiger partial charge in [0.25, 0.3) is 0 Å². The van der Waals surface area contributed by atoms with Crippen molar-refractivity contribution in [3.8, 4) is 5.75 Å². The largest absolute Gasteiger partial charge is 0.496 e. The summed E-state index contributed by atoms with van der Waals surface area (Å²) in [6.45, 7) is 3.97. The van der Waals surface area contributed by atoms with Crippen molar-refractivity contribution in [3.63, 3.8) is 0 Å². The van der Waals surface area contributed by atoms with Crippen molar-refractivity contribution in [3.05, 3.63) is 23.5 Å². The molecule has 0 unspecified atom stereocenters. The Morgan fingerprint density at radius 1 is 1.08 bits per heavy atom. The minimum absolute atomic E-state index is 0.920. The molecule has 0 aliphatic carbocycles. The first-order valence-electron chi connectivity index (χ1n) is 3.80. The summed E-state index contributed by atoms with van der Waals surface area (Å²) in [5.74, 6) is 0.920. The third-order valence-electron chi connectivity index (χ3n) is 1.77. The highest BCUT2D eigenvalue weighted by Crippen LogP contribution is 2.18. The zero-order valence-electron chi connectivity index (χ0n) is 7.92. The van der Waals surface area contributed by atoms with Crippen LogP contribution in [0.1, 0.15) is 11.1 Å². The molecule has 1 aromatic heterocycles. The smallest absolute Gasteiger partial charge is 0.229 e. The molecule has 0 aromatic carbocycles. The van der Waals surface area contributed by atoms with Crippen LogP contribution in [0.3, 0.4) is 0 Å². The first-order chi connectivity index (χ1) is 5.69.